The summed E-state index contributed by atoms with van der Waals surface area (Å²) in [5, 5.41) is 15.1. The van der Waals surface area contributed by atoms with Gasteiger partial charge < -0.3 is 5.11 Å². The van der Waals surface area contributed by atoms with Crippen molar-refractivity contribution >= 4 is 27.3 Å². The first-order valence-corrected chi connectivity index (χ1v) is 18.0. The molecule has 0 spiro atoms. The standard InChI is InChI=1S/C30H25N2.C15H28O2.Ir/c1-18(2)21-13-14-24(23-12-8-7-11-22(21)23)28-27-25-15-19-9-5-6-10-20(19)16-26(25)30(3,4)29(27)32-17-31-28;1-7-14(5,8-2)12(16)11-13(17)15(6,9-3)10-4;/h5-13,15-18H,1-4H3;11,16H,7-10H2,1-6H3;/q-1;;/b;12-11-;. The molecule has 5 aromatic rings. The Hall–Kier alpha value is -3.66. The Bertz CT molecular complexity index is 2030. The van der Waals surface area contributed by atoms with Crippen LogP contribution in [0.3, 0.4) is 0 Å². The number of aromatic nitrogens is 2. The van der Waals surface area contributed by atoms with Crippen LogP contribution in [0.2, 0.25) is 0 Å². The van der Waals surface area contributed by atoms with Crippen LogP contribution in [0.1, 0.15) is 118 Å². The summed E-state index contributed by atoms with van der Waals surface area (Å²) >= 11 is 0. The van der Waals surface area contributed by atoms with E-state index in [9.17, 15) is 9.90 Å². The molecule has 0 aliphatic heterocycles. The summed E-state index contributed by atoms with van der Waals surface area (Å²) in [5.41, 5.74) is 7.37. The molecule has 1 radical (unpaired) electrons. The van der Waals surface area contributed by atoms with Gasteiger partial charge in [-0.1, -0.05) is 134 Å². The molecule has 265 valence electrons. The molecule has 1 aliphatic carbocycles. The summed E-state index contributed by atoms with van der Waals surface area (Å²) in [6, 6.07) is 27.6. The molecule has 4 nitrogen and oxygen atoms in total. The molecule has 0 amide bonds. The molecule has 4 aromatic carbocycles. The molecule has 1 N–H and O–H groups in total. The van der Waals surface area contributed by atoms with E-state index < -0.39 is 0 Å². The van der Waals surface area contributed by atoms with Gasteiger partial charge in [-0.3, -0.25) is 9.78 Å². The monoisotopic (exact) mass is 846 g/mol. The molecule has 5 heteroatoms. The third-order valence-corrected chi connectivity index (χ3v) is 11.6. The molecule has 0 fully saturated rings. The van der Waals surface area contributed by atoms with E-state index in [0.29, 0.717) is 5.92 Å². The van der Waals surface area contributed by atoms with E-state index in [1.807, 2.05) is 41.5 Å². The van der Waals surface area contributed by atoms with Crippen LogP contribution in [0.5, 0.6) is 0 Å². The third kappa shape index (κ3) is 6.97. The van der Waals surface area contributed by atoms with E-state index in [1.165, 1.54) is 44.3 Å². The van der Waals surface area contributed by atoms with Crippen LogP contribution in [0.25, 0.3) is 43.9 Å². The van der Waals surface area contributed by atoms with Gasteiger partial charge in [-0.2, -0.15) is 0 Å². The zero-order valence-corrected chi connectivity index (χ0v) is 33.9. The Kier molecular flexibility index (Phi) is 12.0. The summed E-state index contributed by atoms with van der Waals surface area (Å²) in [6.07, 6.45) is 6.48. The second-order valence-corrected chi connectivity index (χ2v) is 15.1. The van der Waals surface area contributed by atoms with Gasteiger partial charge in [-0.05, 0) is 71.0 Å². The number of carbonyl (C=O) groups excluding carboxylic acids is 1. The van der Waals surface area contributed by atoms with Crippen LogP contribution in [0.15, 0.2) is 84.9 Å². The first-order valence-electron chi connectivity index (χ1n) is 18.0. The maximum Gasteiger partial charge on any atom is 0.164 e. The van der Waals surface area contributed by atoms with Crippen molar-refractivity contribution in [1.82, 2.24) is 9.97 Å². The van der Waals surface area contributed by atoms with E-state index in [-0.39, 0.29) is 47.9 Å². The van der Waals surface area contributed by atoms with Crippen molar-refractivity contribution in [2.75, 3.05) is 0 Å². The number of aliphatic hydroxyl groups excluding tert-OH is 1. The van der Waals surface area contributed by atoms with Crippen molar-refractivity contribution in [1.29, 1.82) is 0 Å². The van der Waals surface area contributed by atoms with Crippen molar-refractivity contribution in [2.45, 2.75) is 106 Å². The number of aliphatic hydroxyl groups is 1. The molecular formula is C45H53IrN2O2-. The largest absolute Gasteiger partial charge is 0.512 e. The van der Waals surface area contributed by atoms with Crippen molar-refractivity contribution in [3.63, 3.8) is 0 Å². The van der Waals surface area contributed by atoms with Gasteiger partial charge in [0.25, 0.3) is 0 Å². The zero-order valence-electron chi connectivity index (χ0n) is 31.5. The van der Waals surface area contributed by atoms with Crippen molar-refractivity contribution in [3.8, 4) is 22.4 Å². The van der Waals surface area contributed by atoms with Crippen LogP contribution >= 0.6 is 0 Å². The fourth-order valence-corrected chi connectivity index (χ4v) is 7.01. The molecule has 0 saturated heterocycles. The second-order valence-electron chi connectivity index (χ2n) is 15.1. The van der Waals surface area contributed by atoms with Crippen LogP contribution in [0.4, 0.5) is 0 Å². The average molecular weight is 846 g/mol. The molecule has 1 aliphatic rings. The maximum absolute atomic E-state index is 12.2. The number of rotatable bonds is 9. The van der Waals surface area contributed by atoms with Gasteiger partial charge >= 0.3 is 0 Å². The minimum Gasteiger partial charge on any atom is -0.512 e. The Labute approximate surface area is 313 Å². The second kappa shape index (κ2) is 15.3. The van der Waals surface area contributed by atoms with Crippen molar-refractivity contribution in [2.24, 2.45) is 10.8 Å². The van der Waals surface area contributed by atoms with Gasteiger partial charge in [0, 0.05) is 42.4 Å². The predicted octanol–water partition coefficient (Wildman–Crippen LogP) is 12.3. The smallest absolute Gasteiger partial charge is 0.164 e. The Morgan fingerprint density at radius 2 is 1.42 bits per heavy atom. The number of hydrogen-bond donors (Lipinski definition) is 1. The topological polar surface area (TPSA) is 63.1 Å². The number of nitrogens with zero attached hydrogens (tertiary/aromatic N) is 2. The molecule has 0 atom stereocenters. The Morgan fingerprint density at radius 1 is 0.860 bits per heavy atom. The van der Waals surface area contributed by atoms with Gasteiger partial charge in [0.05, 0.1) is 5.69 Å². The molecule has 0 unspecified atom stereocenters. The molecule has 1 heterocycles. The summed E-state index contributed by atoms with van der Waals surface area (Å²) in [4.78, 5) is 21.8. The first-order chi connectivity index (χ1) is 23.3. The maximum atomic E-state index is 12.2. The summed E-state index contributed by atoms with van der Waals surface area (Å²) < 4.78 is 0. The summed E-state index contributed by atoms with van der Waals surface area (Å²) in [6.45, 7) is 21.1. The van der Waals surface area contributed by atoms with Crippen LogP contribution in [-0.2, 0) is 30.3 Å². The van der Waals surface area contributed by atoms with Crippen molar-refractivity contribution in [3.05, 3.63) is 108 Å². The Balaban J connectivity index is 0.000000269. The van der Waals surface area contributed by atoms with Gasteiger partial charge in [-0.15, -0.1) is 23.3 Å². The van der Waals surface area contributed by atoms with E-state index in [0.717, 1.165) is 48.2 Å². The number of carbonyl (C=O) groups is 1. The zero-order chi connectivity index (χ0) is 35.7. The van der Waals surface area contributed by atoms with Gasteiger partial charge in [0.15, 0.2) is 5.78 Å². The summed E-state index contributed by atoms with van der Waals surface area (Å²) in [5.74, 6) is 0.723. The first kappa shape index (κ1) is 39.1. The molecule has 0 bridgehead atoms. The summed E-state index contributed by atoms with van der Waals surface area (Å²) in [7, 11) is 0. The van der Waals surface area contributed by atoms with Gasteiger partial charge in [0.2, 0.25) is 0 Å². The fourth-order valence-electron chi connectivity index (χ4n) is 7.01. The number of allylic oxidation sites excluding steroid dienone is 2. The van der Waals surface area contributed by atoms with Crippen LogP contribution < -0.4 is 0 Å². The minimum absolute atomic E-state index is 0. The predicted molar refractivity (Wildman–Crippen MR) is 206 cm³/mol. The molecule has 1 aromatic heterocycles. The van der Waals surface area contributed by atoms with Gasteiger partial charge in [-0.25, -0.2) is 4.98 Å². The Morgan fingerprint density at radius 3 is 2.00 bits per heavy atom. The number of fused-ring (bicyclic) bond motifs is 5. The van der Waals surface area contributed by atoms with Crippen molar-refractivity contribution < 1.29 is 30.0 Å². The number of hydrogen-bond acceptors (Lipinski definition) is 4. The molecular weight excluding hydrogens is 793 g/mol. The van der Waals surface area contributed by atoms with Gasteiger partial charge in [0.1, 0.15) is 12.1 Å². The third-order valence-electron chi connectivity index (χ3n) is 11.6. The quantitative estimate of drug-likeness (QED) is 0.0912. The van der Waals surface area contributed by atoms with Crippen LogP contribution in [0, 0.1) is 16.9 Å². The van der Waals surface area contributed by atoms with E-state index in [1.54, 1.807) is 6.33 Å². The number of ketones is 1. The molecule has 0 saturated carbocycles. The SMILES string of the molecule is CC(C)c1c[c-]c(-c2ncnc3c2-c2cc4ccccc4cc2C3(C)C)c2ccccc12.CCC(C)(CC)C(=O)/C=C(\O)C(C)(CC)CC.[Ir]. The van der Waals surface area contributed by atoms with E-state index in [2.05, 4.69) is 100 Å². The minimum atomic E-state index is -0.337. The number of benzene rings is 4. The molecule has 50 heavy (non-hydrogen) atoms. The van der Waals surface area contributed by atoms with Crippen LogP contribution in [-0.4, -0.2) is 20.9 Å². The fraction of sp³-hybridized carbons (Fsp3) is 0.400. The van der Waals surface area contributed by atoms with E-state index in [4.69, 9.17) is 9.97 Å². The molecule has 6 rings (SSSR count). The normalized spacial score (nSPS) is 13.8. The van der Waals surface area contributed by atoms with E-state index >= 15 is 0 Å². The average Bonchev–Trinajstić information content (AvgIpc) is 3.34.